The molecule has 1 aromatic carbocycles. The van der Waals surface area contributed by atoms with Crippen LogP contribution in [-0.4, -0.2) is 46.8 Å². The van der Waals surface area contributed by atoms with Gasteiger partial charge in [0.1, 0.15) is 5.75 Å². The zero-order valence-electron chi connectivity index (χ0n) is 19.7. The molecular weight excluding hydrogens is 412 g/mol. The molecule has 1 rings (SSSR count). The second kappa shape index (κ2) is 16.0. The normalized spacial score (nSPS) is 12.2. The number of benzene rings is 1. The van der Waals surface area contributed by atoms with Crippen molar-refractivity contribution in [3.63, 3.8) is 0 Å². The number of ether oxygens (including phenoxy) is 1. The molecule has 176 valence electrons. The highest BCUT2D eigenvalue weighted by Crippen LogP contribution is 2.22. The number of carboxylic acids is 1. The van der Waals surface area contributed by atoms with Gasteiger partial charge in [-0.25, -0.2) is 4.79 Å². The molecule has 0 aliphatic carbocycles. The number of carboxylic acid groups (broad SMARTS) is 1. The molecular formula is C24H40O6Si. The van der Waals surface area contributed by atoms with Crippen LogP contribution in [0.3, 0.4) is 0 Å². The van der Waals surface area contributed by atoms with Crippen LogP contribution in [0.15, 0.2) is 29.8 Å². The highest BCUT2D eigenvalue weighted by atomic mass is 28.4. The lowest BCUT2D eigenvalue weighted by Crippen LogP contribution is -2.45. The van der Waals surface area contributed by atoms with E-state index < -0.39 is 14.8 Å². The fraction of sp³-hybridized carbons (Fsp3) is 0.625. The Hall–Kier alpha value is -1.67. The van der Waals surface area contributed by atoms with E-state index >= 15 is 0 Å². The van der Waals surface area contributed by atoms with Gasteiger partial charge < -0.3 is 23.1 Å². The number of hydrogen-bond acceptors (Lipinski definition) is 5. The van der Waals surface area contributed by atoms with Crippen molar-refractivity contribution in [3.8, 4) is 5.75 Å². The molecule has 31 heavy (non-hydrogen) atoms. The fourth-order valence-electron chi connectivity index (χ4n) is 3.54. The van der Waals surface area contributed by atoms with E-state index in [2.05, 4.69) is 0 Å². The summed E-state index contributed by atoms with van der Waals surface area (Å²) in [6.07, 6.45) is 8.56. The molecule has 7 heteroatoms. The molecule has 0 heterocycles. The summed E-state index contributed by atoms with van der Waals surface area (Å²) in [5.74, 6) is -0.129. The lowest BCUT2D eigenvalue weighted by atomic mass is 10.0. The van der Waals surface area contributed by atoms with Gasteiger partial charge in [-0.05, 0) is 63.8 Å². The average molecular weight is 453 g/mol. The smallest absolute Gasteiger partial charge is 0.497 e. The monoisotopic (exact) mass is 452 g/mol. The minimum atomic E-state index is -2.52. The minimum absolute atomic E-state index is 0.439. The number of methoxy groups -OCH3 is 1. The molecule has 0 aromatic heterocycles. The van der Waals surface area contributed by atoms with Crippen LogP contribution in [0.2, 0.25) is 6.04 Å². The molecule has 0 aliphatic heterocycles. The Morgan fingerprint density at radius 3 is 2.06 bits per heavy atom. The second-order valence-electron chi connectivity index (χ2n) is 7.35. The molecule has 0 fully saturated rings. The van der Waals surface area contributed by atoms with Gasteiger partial charge in [-0.2, -0.15) is 0 Å². The van der Waals surface area contributed by atoms with Crippen LogP contribution in [-0.2, 0) is 18.1 Å². The fourth-order valence-corrected chi connectivity index (χ4v) is 6.22. The van der Waals surface area contributed by atoms with Gasteiger partial charge in [-0.1, -0.05) is 37.8 Å². The van der Waals surface area contributed by atoms with E-state index in [0.29, 0.717) is 31.8 Å². The summed E-state index contributed by atoms with van der Waals surface area (Å²) in [7, 11) is -0.919. The topological polar surface area (TPSA) is 74.2 Å². The predicted molar refractivity (Wildman–Crippen MR) is 126 cm³/mol. The molecule has 1 aromatic rings. The SMILES string of the molecule is CCO[Si](CCCCCCCC/C(=C\c1cccc(OC)c1)C(=O)O)(OCC)OCC. The summed E-state index contributed by atoms with van der Waals surface area (Å²) in [5, 5.41) is 9.51. The predicted octanol–water partition coefficient (Wildman–Crippen LogP) is 5.94. The van der Waals surface area contributed by atoms with Crippen molar-refractivity contribution in [2.75, 3.05) is 26.9 Å². The number of unbranched alkanes of at least 4 members (excludes halogenated alkanes) is 5. The first kappa shape index (κ1) is 27.4. The van der Waals surface area contributed by atoms with E-state index in [0.717, 1.165) is 55.9 Å². The van der Waals surface area contributed by atoms with Gasteiger partial charge in [-0.3, -0.25) is 0 Å². The Morgan fingerprint density at radius 1 is 0.935 bits per heavy atom. The van der Waals surface area contributed by atoms with Crippen LogP contribution in [0.25, 0.3) is 6.08 Å². The number of aliphatic carboxylic acids is 1. The van der Waals surface area contributed by atoms with Crippen LogP contribution >= 0.6 is 0 Å². The molecule has 0 unspecified atom stereocenters. The summed E-state index contributed by atoms with van der Waals surface area (Å²) >= 11 is 0. The summed E-state index contributed by atoms with van der Waals surface area (Å²) in [6.45, 7) is 7.78. The largest absolute Gasteiger partial charge is 0.500 e. The van der Waals surface area contributed by atoms with Gasteiger partial charge in [0.25, 0.3) is 0 Å². The lowest BCUT2D eigenvalue weighted by molar-refractivity contribution is -0.132. The highest BCUT2D eigenvalue weighted by Gasteiger charge is 2.39. The Kier molecular flexibility index (Phi) is 14.1. The molecule has 0 amide bonds. The van der Waals surface area contributed by atoms with E-state index in [9.17, 15) is 9.90 Å². The van der Waals surface area contributed by atoms with Crippen LogP contribution < -0.4 is 4.74 Å². The third-order valence-corrected chi connectivity index (χ3v) is 8.13. The highest BCUT2D eigenvalue weighted by molar-refractivity contribution is 6.60. The molecule has 0 saturated carbocycles. The molecule has 0 saturated heterocycles. The first-order valence-electron chi connectivity index (χ1n) is 11.5. The van der Waals surface area contributed by atoms with Gasteiger partial charge in [0, 0.05) is 31.4 Å². The average Bonchev–Trinajstić information content (AvgIpc) is 2.75. The van der Waals surface area contributed by atoms with E-state index in [1.807, 2.05) is 45.0 Å². The molecule has 1 N–H and O–H groups in total. The maximum Gasteiger partial charge on any atom is 0.500 e. The Balaban J connectivity index is 2.36. The van der Waals surface area contributed by atoms with Crippen LogP contribution in [0, 0.1) is 0 Å². The van der Waals surface area contributed by atoms with E-state index in [4.69, 9.17) is 18.0 Å². The van der Waals surface area contributed by atoms with Crippen molar-refractivity contribution < 1.29 is 27.9 Å². The van der Waals surface area contributed by atoms with Crippen molar-refractivity contribution in [3.05, 3.63) is 35.4 Å². The number of rotatable bonds is 18. The number of hydrogen-bond donors (Lipinski definition) is 1. The maximum absolute atomic E-state index is 11.6. The number of carbonyl (C=O) groups is 1. The Morgan fingerprint density at radius 2 is 1.52 bits per heavy atom. The van der Waals surface area contributed by atoms with Crippen molar-refractivity contribution in [1.82, 2.24) is 0 Å². The van der Waals surface area contributed by atoms with Crippen molar-refractivity contribution >= 4 is 20.8 Å². The van der Waals surface area contributed by atoms with E-state index in [1.165, 1.54) is 0 Å². The first-order chi connectivity index (χ1) is 15.0. The van der Waals surface area contributed by atoms with Crippen LogP contribution in [0.5, 0.6) is 5.75 Å². The first-order valence-corrected chi connectivity index (χ1v) is 13.4. The quantitative estimate of drug-likeness (QED) is 0.169. The van der Waals surface area contributed by atoms with Crippen molar-refractivity contribution in [2.24, 2.45) is 0 Å². The third-order valence-electron chi connectivity index (χ3n) is 4.98. The summed E-state index contributed by atoms with van der Waals surface area (Å²) in [5.41, 5.74) is 1.29. The minimum Gasteiger partial charge on any atom is -0.497 e. The summed E-state index contributed by atoms with van der Waals surface area (Å²) in [6, 6.07) is 8.31. The molecule has 0 radical (unpaired) electrons. The second-order valence-corrected chi connectivity index (χ2v) is 10.1. The van der Waals surface area contributed by atoms with Crippen LogP contribution in [0.1, 0.15) is 71.3 Å². The molecule has 0 aliphatic rings. The molecule has 0 bridgehead atoms. The zero-order valence-corrected chi connectivity index (χ0v) is 20.7. The van der Waals surface area contributed by atoms with Gasteiger partial charge in [-0.15, -0.1) is 0 Å². The molecule has 0 spiro atoms. The standard InChI is InChI=1S/C24H40O6Si/c1-5-28-31(29-6-2,30-7-3)18-13-11-9-8-10-12-16-22(24(25)26)19-21-15-14-17-23(20-21)27-4/h14-15,17,19-20H,5-13,16,18H2,1-4H3,(H,25,26)/b22-19+. The Bertz CT molecular complexity index is 644. The van der Waals surface area contributed by atoms with Crippen LogP contribution in [0.4, 0.5) is 0 Å². The van der Waals surface area contributed by atoms with Crippen molar-refractivity contribution in [1.29, 1.82) is 0 Å². The van der Waals surface area contributed by atoms with Crippen molar-refractivity contribution in [2.45, 2.75) is 71.8 Å². The summed E-state index contributed by atoms with van der Waals surface area (Å²) < 4.78 is 22.9. The van der Waals surface area contributed by atoms with Gasteiger partial charge >= 0.3 is 14.8 Å². The van der Waals surface area contributed by atoms with Gasteiger partial charge in [0.05, 0.1) is 7.11 Å². The van der Waals surface area contributed by atoms with E-state index in [1.54, 1.807) is 13.2 Å². The maximum atomic E-state index is 11.6. The van der Waals surface area contributed by atoms with Gasteiger partial charge in [0.2, 0.25) is 0 Å². The Labute approximate surface area is 188 Å². The molecule has 0 atom stereocenters. The van der Waals surface area contributed by atoms with E-state index in [-0.39, 0.29) is 0 Å². The lowest BCUT2D eigenvalue weighted by Gasteiger charge is -2.28. The molecule has 6 nitrogen and oxygen atoms in total. The summed E-state index contributed by atoms with van der Waals surface area (Å²) in [4.78, 5) is 11.6. The zero-order chi connectivity index (χ0) is 23.0. The van der Waals surface area contributed by atoms with Gasteiger partial charge in [0.15, 0.2) is 0 Å². The third kappa shape index (κ3) is 11.0.